The minimum atomic E-state index is -0.0468. The summed E-state index contributed by atoms with van der Waals surface area (Å²) in [6.07, 6.45) is 6.35. The average Bonchev–Trinajstić information content (AvgIpc) is 2.40. The predicted octanol–water partition coefficient (Wildman–Crippen LogP) is 3.59. The molecule has 0 saturated carbocycles. The third-order valence-electron chi connectivity index (χ3n) is 4.14. The molecule has 0 aromatic heterocycles. The maximum Gasteiger partial charge on any atom is 0.241 e. The van der Waals surface area contributed by atoms with E-state index in [4.69, 9.17) is 0 Å². The van der Waals surface area contributed by atoms with Gasteiger partial charge in [-0.15, -0.1) is 0 Å². The van der Waals surface area contributed by atoms with Crippen molar-refractivity contribution in [3.05, 3.63) is 29.8 Å². The second-order valence-electron chi connectivity index (χ2n) is 5.83. The zero-order valence-corrected chi connectivity index (χ0v) is 12.7. The lowest BCUT2D eigenvalue weighted by Crippen LogP contribution is -2.43. The molecule has 1 atom stereocenters. The normalized spacial score (nSPS) is 18.9. The molecule has 1 fully saturated rings. The van der Waals surface area contributed by atoms with Gasteiger partial charge in [0.25, 0.3) is 0 Å². The zero-order valence-electron chi connectivity index (χ0n) is 12.7. The number of nitrogens with one attached hydrogen (secondary N) is 1. The number of nitrogens with zero attached hydrogens (tertiary/aromatic N) is 1. The number of carbonyl (C=O) groups excluding carboxylic acids is 1. The van der Waals surface area contributed by atoms with Gasteiger partial charge in [0.15, 0.2) is 0 Å². The predicted molar refractivity (Wildman–Crippen MR) is 83.9 cm³/mol. The van der Waals surface area contributed by atoms with Crippen LogP contribution in [0.3, 0.4) is 0 Å². The van der Waals surface area contributed by atoms with Crippen LogP contribution < -0.4 is 5.32 Å². The number of amides is 1. The third kappa shape index (κ3) is 4.34. The first kappa shape index (κ1) is 15.0. The Morgan fingerprint density at radius 3 is 2.20 bits per heavy atom. The number of benzene rings is 1. The SMILES string of the molecule is Cc1ccc(NC(=O)C(C)N2CCCCCCC2)cc1. The largest absolute Gasteiger partial charge is 0.325 e. The van der Waals surface area contributed by atoms with Crippen LogP contribution in [0, 0.1) is 6.92 Å². The molecule has 3 heteroatoms. The van der Waals surface area contributed by atoms with Crippen molar-refractivity contribution in [1.29, 1.82) is 0 Å². The van der Waals surface area contributed by atoms with Gasteiger partial charge in [-0.05, 0) is 51.9 Å². The Labute approximate surface area is 122 Å². The molecule has 3 nitrogen and oxygen atoms in total. The minimum Gasteiger partial charge on any atom is -0.325 e. The lowest BCUT2D eigenvalue weighted by Gasteiger charge is -2.29. The van der Waals surface area contributed by atoms with E-state index >= 15 is 0 Å². The van der Waals surface area contributed by atoms with Gasteiger partial charge >= 0.3 is 0 Å². The average molecular weight is 274 g/mol. The summed E-state index contributed by atoms with van der Waals surface area (Å²) in [5.41, 5.74) is 2.10. The van der Waals surface area contributed by atoms with E-state index in [1.54, 1.807) is 0 Å². The summed E-state index contributed by atoms with van der Waals surface area (Å²) in [5, 5.41) is 3.02. The van der Waals surface area contributed by atoms with Crippen molar-refractivity contribution in [2.24, 2.45) is 0 Å². The molecular weight excluding hydrogens is 248 g/mol. The molecule has 0 aliphatic carbocycles. The van der Waals surface area contributed by atoms with E-state index in [1.165, 1.54) is 37.7 Å². The van der Waals surface area contributed by atoms with Crippen molar-refractivity contribution < 1.29 is 4.79 Å². The van der Waals surface area contributed by atoms with Crippen LogP contribution in [0.5, 0.6) is 0 Å². The van der Waals surface area contributed by atoms with Gasteiger partial charge in [0.2, 0.25) is 5.91 Å². The van der Waals surface area contributed by atoms with E-state index in [1.807, 2.05) is 31.2 Å². The molecule has 1 aliphatic rings. The highest BCUT2D eigenvalue weighted by Crippen LogP contribution is 2.15. The van der Waals surface area contributed by atoms with Crippen molar-refractivity contribution in [3.8, 4) is 0 Å². The standard InChI is InChI=1S/C17H26N2O/c1-14-8-10-16(11-9-14)18-17(20)15(2)19-12-6-4-3-5-7-13-19/h8-11,15H,3-7,12-13H2,1-2H3,(H,18,20). The van der Waals surface area contributed by atoms with E-state index in [2.05, 4.69) is 17.1 Å². The van der Waals surface area contributed by atoms with Crippen LogP contribution in [0.4, 0.5) is 5.69 Å². The van der Waals surface area contributed by atoms with Gasteiger partial charge in [-0.1, -0.05) is 37.0 Å². The summed E-state index contributed by atoms with van der Waals surface area (Å²) >= 11 is 0. The Balaban J connectivity index is 1.91. The van der Waals surface area contributed by atoms with Crippen LogP contribution in [0.25, 0.3) is 0 Å². The summed E-state index contributed by atoms with van der Waals surface area (Å²) in [4.78, 5) is 14.7. The van der Waals surface area contributed by atoms with Crippen molar-refractivity contribution in [3.63, 3.8) is 0 Å². The zero-order chi connectivity index (χ0) is 14.4. The van der Waals surface area contributed by atoms with Crippen molar-refractivity contribution in [2.75, 3.05) is 18.4 Å². The van der Waals surface area contributed by atoms with Gasteiger partial charge in [-0.2, -0.15) is 0 Å². The summed E-state index contributed by atoms with van der Waals surface area (Å²) in [5.74, 6) is 0.106. The minimum absolute atomic E-state index is 0.0468. The monoisotopic (exact) mass is 274 g/mol. The fraction of sp³-hybridized carbons (Fsp3) is 0.588. The Kier molecular flexibility index (Phi) is 5.60. The first-order valence-corrected chi connectivity index (χ1v) is 7.78. The number of carbonyl (C=O) groups is 1. The second-order valence-corrected chi connectivity index (χ2v) is 5.83. The number of aryl methyl sites for hydroxylation is 1. The fourth-order valence-corrected chi connectivity index (χ4v) is 2.71. The molecule has 1 aliphatic heterocycles. The molecule has 1 unspecified atom stereocenters. The van der Waals surface area contributed by atoms with Crippen LogP contribution in [0.2, 0.25) is 0 Å². The highest BCUT2D eigenvalue weighted by Gasteiger charge is 2.21. The molecule has 1 N–H and O–H groups in total. The topological polar surface area (TPSA) is 32.3 Å². The van der Waals surface area contributed by atoms with Gasteiger partial charge in [0, 0.05) is 5.69 Å². The maximum atomic E-state index is 12.3. The first-order chi connectivity index (χ1) is 9.66. The molecule has 1 amide bonds. The van der Waals surface area contributed by atoms with Crippen molar-refractivity contribution in [2.45, 2.75) is 52.0 Å². The number of hydrogen-bond donors (Lipinski definition) is 1. The quantitative estimate of drug-likeness (QED) is 0.913. The molecule has 1 aromatic rings. The Bertz CT molecular complexity index is 419. The summed E-state index contributed by atoms with van der Waals surface area (Å²) < 4.78 is 0. The third-order valence-corrected chi connectivity index (χ3v) is 4.14. The molecule has 1 heterocycles. The Morgan fingerprint density at radius 1 is 1.05 bits per heavy atom. The van der Waals surface area contributed by atoms with Crippen molar-refractivity contribution in [1.82, 2.24) is 4.90 Å². The van der Waals surface area contributed by atoms with Gasteiger partial charge in [0.1, 0.15) is 0 Å². The molecular formula is C17H26N2O. The number of anilines is 1. The van der Waals surface area contributed by atoms with Crippen LogP contribution in [0.15, 0.2) is 24.3 Å². The van der Waals surface area contributed by atoms with E-state index in [-0.39, 0.29) is 11.9 Å². The van der Waals surface area contributed by atoms with Crippen LogP contribution in [-0.2, 0) is 4.79 Å². The van der Waals surface area contributed by atoms with Crippen LogP contribution >= 0.6 is 0 Å². The van der Waals surface area contributed by atoms with Gasteiger partial charge in [0.05, 0.1) is 6.04 Å². The molecule has 1 saturated heterocycles. The summed E-state index contributed by atoms with van der Waals surface area (Å²) in [7, 11) is 0. The van der Waals surface area contributed by atoms with Crippen LogP contribution in [0.1, 0.15) is 44.6 Å². The summed E-state index contributed by atoms with van der Waals surface area (Å²) in [6, 6.07) is 7.93. The molecule has 0 bridgehead atoms. The van der Waals surface area contributed by atoms with Crippen molar-refractivity contribution >= 4 is 11.6 Å². The second kappa shape index (κ2) is 7.44. The molecule has 2 rings (SSSR count). The lowest BCUT2D eigenvalue weighted by atomic mass is 10.1. The molecule has 0 spiro atoms. The Morgan fingerprint density at radius 2 is 1.60 bits per heavy atom. The van der Waals surface area contributed by atoms with E-state index in [0.717, 1.165) is 18.8 Å². The van der Waals surface area contributed by atoms with Gasteiger partial charge < -0.3 is 5.32 Å². The van der Waals surface area contributed by atoms with Crippen LogP contribution in [-0.4, -0.2) is 29.9 Å². The lowest BCUT2D eigenvalue weighted by molar-refractivity contribution is -0.120. The molecule has 110 valence electrons. The number of hydrogen-bond acceptors (Lipinski definition) is 2. The highest BCUT2D eigenvalue weighted by molar-refractivity contribution is 5.94. The first-order valence-electron chi connectivity index (χ1n) is 7.78. The fourth-order valence-electron chi connectivity index (χ4n) is 2.71. The molecule has 0 radical (unpaired) electrons. The molecule has 1 aromatic carbocycles. The van der Waals surface area contributed by atoms with E-state index < -0.39 is 0 Å². The van der Waals surface area contributed by atoms with E-state index in [9.17, 15) is 4.79 Å². The van der Waals surface area contributed by atoms with Gasteiger partial charge in [-0.25, -0.2) is 0 Å². The maximum absolute atomic E-state index is 12.3. The number of rotatable bonds is 3. The van der Waals surface area contributed by atoms with E-state index in [0.29, 0.717) is 0 Å². The number of likely N-dealkylation sites (tertiary alicyclic amines) is 1. The van der Waals surface area contributed by atoms with Gasteiger partial charge in [-0.3, -0.25) is 9.69 Å². The smallest absolute Gasteiger partial charge is 0.241 e. The Hall–Kier alpha value is -1.35. The highest BCUT2D eigenvalue weighted by atomic mass is 16.2. The summed E-state index contributed by atoms with van der Waals surface area (Å²) in [6.45, 7) is 6.16. The molecule has 20 heavy (non-hydrogen) atoms.